The largest absolute Gasteiger partial charge is 0.467 e. The van der Waals surface area contributed by atoms with Gasteiger partial charge < -0.3 is 15.0 Å². The van der Waals surface area contributed by atoms with Gasteiger partial charge in [-0.1, -0.05) is 36.8 Å². The molecule has 1 unspecified atom stereocenters. The lowest BCUT2D eigenvalue weighted by molar-refractivity contribution is -0.145. The van der Waals surface area contributed by atoms with Crippen molar-refractivity contribution < 1.29 is 22.7 Å². The Morgan fingerprint density at radius 1 is 1.06 bits per heavy atom. The summed E-state index contributed by atoms with van der Waals surface area (Å²) >= 11 is 0. The number of ether oxygens (including phenoxy) is 1. The number of carbonyl (C=O) groups is 2. The van der Waals surface area contributed by atoms with Crippen LogP contribution >= 0.6 is 0 Å². The van der Waals surface area contributed by atoms with Gasteiger partial charge in [0.1, 0.15) is 6.04 Å². The van der Waals surface area contributed by atoms with Crippen LogP contribution in [0, 0.1) is 0 Å². The van der Waals surface area contributed by atoms with E-state index in [2.05, 4.69) is 10.3 Å². The van der Waals surface area contributed by atoms with Gasteiger partial charge in [0.25, 0.3) is 0 Å². The van der Waals surface area contributed by atoms with E-state index in [0.29, 0.717) is 18.7 Å². The summed E-state index contributed by atoms with van der Waals surface area (Å²) < 4.78 is 32.0. The van der Waals surface area contributed by atoms with Gasteiger partial charge >= 0.3 is 5.97 Å². The molecule has 2 heterocycles. The summed E-state index contributed by atoms with van der Waals surface area (Å²) in [5.41, 5.74) is 2.51. The second-order valence-electron chi connectivity index (χ2n) is 8.49. The first-order valence-electron chi connectivity index (χ1n) is 11.4. The standard InChI is InChI=1S/C25H29N3O5S/c1-33-25(30)23(16-19-17-26-22-8-4-3-7-21(19)22)27-24(29)15-18-9-11-20(12-10-18)34(31,32)28-13-5-2-6-14-28/h3-4,7-12,17,23,26H,2,5-6,13-16H2,1H3,(H,27,29). The highest BCUT2D eigenvalue weighted by Crippen LogP contribution is 2.22. The number of aromatic amines is 1. The third kappa shape index (κ3) is 5.31. The summed E-state index contributed by atoms with van der Waals surface area (Å²) in [6, 6.07) is 13.3. The van der Waals surface area contributed by atoms with Crippen LogP contribution in [-0.4, -0.2) is 55.8 Å². The predicted molar refractivity (Wildman–Crippen MR) is 129 cm³/mol. The molecule has 9 heteroatoms. The van der Waals surface area contributed by atoms with E-state index in [0.717, 1.165) is 35.7 Å². The topological polar surface area (TPSA) is 109 Å². The van der Waals surface area contributed by atoms with Gasteiger partial charge in [0.2, 0.25) is 15.9 Å². The van der Waals surface area contributed by atoms with E-state index in [4.69, 9.17) is 4.74 Å². The van der Waals surface area contributed by atoms with E-state index in [1.807, 2.05) is 30.5 Å². The van der Waals surface area contributed by atoms with Gasteiger partial charge in [0.05, 0.1) is 18.4 Å². The van der Waals surface area contributed by atoms with Crippen LogP contribution in [0.15, 0.2) is 59.6 Å². The fourth-order valence-corrected chi connectivity index (χ4v) is 5.84. The first-order chi connectivity index (χ1) is 16.4. The average molecular weight is 484 g/mol. The van der Waals surface area contributed by atoms with Gasteiger partial charge in [-0.25, -0.2) is 13.2 Å². The van der Waals surface area contributed by atoms with Crippen molar-refractivity contribution >= 4 is 32.8 Å². The number of amides is 1. The highest BCUT2D eigenvalue weighted by Gasteiger charge is 2.26. The lowest BCUT2D eigenvalue weighted by Crippen LogP contribution is -2.43. The van der Waals surface area contributed by atoms with E-state index >= 15 is 0 Å². The summed E-state index contributed by atoms with van der Waals surface area (Å²) in [6.45, 7) is 1.08. The molecule has 2 aromatic carbocycles. The molecule has 34 heavy (non-hydrogen) atoms. The van der Waals surface area contributed by atoms with Crippen molar-refractivity contribution in [3.63, 3.8) is 0 Å². The van der Waals surface area contributed by atoms with Gasteiger partial charge in [-0.05, 0) is 42.2 Å². The van der Waals surface area contributed by atoms with Crippen LogP contribution in [-0.2, 0) is 37.2 Å². The van der Waals surface area contributed by atoms with Crippen molar-refractivity contribution in [3.8, 4) is 0 Å². The molecule has 1 fully saturated rings. The van der Waals surface area contributed by atoms with Crippen LogP contribution in [0.25, 0.3) is 10.9 Å². The minimum absolute atomic E-state index is 0.0193. The molecule has 3 aromatic rings. The van der Waals surface area contributed by atoms with Gasteiger partial charge in [0.15, 0.2) is 0 Å². The summed E-state index contributed by atoms with van der Waals surface area (Å²) in [5, 5.41) is 3.74. The molecule has 4 rings (SSSR count). The number of sulfonamides is 1. The number of methoxy groups -OCH3 is 1. The second kappa shape index (κ2) is 10.4. The zero-order valence-electron chi connectivity index (χ0n) is 19.1. The Labute approximate surface area is 199 Å². The van der Waals surface area contributed by atoms with E-state index < -0.39 is 22.0 Å². The number of nitrogens with zero attached hydrogens (tertiary/aromatic N) is 1. The van der Waals surface area contributed by atoms with Crippen molar-refractivity contribution in [2.75, 3.05) is 20.2 Å². The molecule has 1 aliphatic heterocycles. The Morgan fingerprint density at radius 2 is 1.76 bits per heavy atom. The molecule has 0 saturated carbocycles. The Balaban J connectivity index is 1.42. The monoisotopic (exact) mass is 483 g/mol. The molecule has 0 bridgehead atoms. The number of esters is 1. The van der Waals surface area contributed by atoms with Crippen LogP contribution < -0.4 is 5.32 Å². The van der Waals surface area contributed by atoms with Gasteiger partial charge in [-0.2, -0.15) is 4.31 Å². The lowest BCUT2D eigenvalue weighted by Gasteiger charge is -2.25. The average Bonchev–Trinajstić information content (AvgIpc) is 3.27. The first kappa shape index (κ1) is 24.0. The molecule has 180 valence electrons. The molecule has 1 amide bonds. The molecule has 2 N–H and O–H groups in total. The van der Waals surface area contributed by atoms with Crippen molar-refractivity contribution in [3.05, 3.63) is 65.9 Å². The third-order valence-electron chi connectivity index (χ3n) is 6.16. The number of nitrogens with one attached hydrogen (secondary N) is 2. The predicted octanol–water partition coefficient (Wildman–Crippen LogP) is 2.79. The molecule has 0 radical (unpaired) electrons. The third-order valence-corrected chi connectivity index (χ3v) is 8.07. The van der Waals surface area contributed by atoms with E-state index in [1.54, 1.807) is 12.1 Å². The van der Waals surface area contributed by atoms with Crippen LogP contribution in [0.5, 0.6) is 0 Å². The number of benzene rings is 2. The van der Waals surface area contributed by atoms with Gasteiger partial charge in [-0.3, -0.25) is 4.79 Å². The molecular formula is C25H29N3O5S. The van der Waals surface area contributed by atoms with Crippen LogP contribution in [0.3, 0.4) is 0 Å². The van der Waals surface area contributed by atoms with Crippen LogP contribution in [0.2, 0.25) is 0 Å². The molecule has 8 nitrogen and oxygen atoms in total. The van der Waals surface area contributed by atoms with Crippen molar-refractivity contribution in [1.29, 1.82) is 0 Å². The number of aromatic nitrogens is 1. The van der Waals surface area contributed by atoms with E-state index in [9.17, 15) is 18.0 Å². The highest BCUT2D eigenvalue weighted by molar-refractivity contribution is 7.89. The Kier molecular flexibility index (Phi) is 7.33. The fraction of sp³-hybridized carbons (Fsp3) is 0.360. The smallest absolute Gasteiger partial charge is 0.328 e. The van der Waals surface area contributed by atoms with Crippen molar-refractivity contribution in [2.24, 2.45) is 0 Å². The Morgan fingerprint density at radius 3 is 2.47 bits per heavy atom. The fourth-order valence-electron chi connectivity index (χ4n) is 4.32. The minimum atomic E-state index is -3.52. The number of hydrogen-bond acceptors (Lipinski definition) is 5. The highest BCUT2D eigenvalue weighted by atomic mass is 32.2. The van der Waals surface area contributed by atoms with Crippen LogP contribution in [0.4, 0.5) is 0 Å². The summed E-state index contributed by atoms with van der Waals surface area (Å²) in [4.78, 5) is 28.5. The minimum Gasteiger partial charge on any atom is -0.467 e. The lowest BCUT2D eigenvalue weighted by atomic mass is 10.0. The quantitative estimate of drug-likeness (QED) is 0.479. The van der Waals surface area contributed by atoms with Crippen LogP contribution in [0.1, 0.15) is 30.4 Å². The van der Waals surface area contributed by atoms with E-state index in [1.165, 1.54) is 23.5 Å². The number of carbonyl (C=O) groups excluding carboxylic acids is 2. The number of H-pyrrole nitrogens is 1. The number of piperidine rings is 1. The number of para-hydroxylation sites is 1. The SMILES string of the molecule is COC(=O)C(Cc1c[nH]c2ccccc12)NC(=O)Cc1ccc(S(=O)(=O)N2CCCCC2)cc1. The first-order valence-corrected chi connectivity index (χ1v) is 12.8. The second-order valence-corrected chi connectivity index (χ2v) is 10.4. The Hall–Kier alpha value is -3.17. The molecule has 1 saturated heterocycles. The maximum absolute atomic E-state index is 12.8. The van der Waals surface area contributed by atoms with Gasteiger partial charge in [-0.15, -0.1) is 0 Å². The molecule has 1 atom stereocenters. The molecule has 0 spiro atoms. The Bertz CT molecular complexity index is 1260. The number of rotatable bonds is 8. The zero-order valence-corrected chi connectivity index (χ0v) is 19.9. The number of fused-ring (bicyclic) bond motifs is 1. The molecule has 0 aliphatic carbocycles. The summed E-state index contributed by atoms with van der Waals surface area (Å²) in [7, 11) is -2.23. The summed E-state index contributed by atoms with van der Waals surface area (Å²) in [5.74, 6) is -0.872. The molecule has 1 aliphatic rings. The van der Waals surface area contributed by atoms with Crippen molar-refractivity contribution in [2.45, 2.75) is 43.0 Å². The number of hydrogen-bond donors (Lipinski definition) is 2. The summed E-state index contributed by atoms with van der Waals surface area (Å²) in [6.07, 6.45) is 4.93. The maximum atomic E-state index is 12.8. The van der Waals surface area contributed by atoms with Crippen molar-refractivity contribution in [1.82, 2.24) is 14.6 Å². The van der Waals surface area contributed by atoms with E-state index in [-0.39, 0.29) is 23.6 Å². The molecular weight excluding hydrogens is 454 g/mol. The maximum Gasteiger partial charge on any atom is 0.328 e. The van der Waals surface area contributed by atoms with Gasteiger partial charge in [0, 0.05) is 36.6 Å². The zero-order chi connectivity index (χ0) is 24.1. The normalized spacial score (nSPS) is 15.7. The molecule has 1 aromatic heterocycles.